The number of amides is 1. The highest BCUT2D eigenvalue weighted by molar-refractivity contribution is 9.10. The van der Waals surface area contributed by atoms with E-state index in [2.05, 4.69) is 44.8 Å². The molecule has 1 N–H and O–H groups in total. The van der Waals surface area contributed by atoms with Gasteiger partial charge in [-0.05, 0) is 24.3 Å². The summed E-state index contributed by atoms with van der Waals surface area (Å²) in [5.41, 5.74) is 2.11. The van der Waals surface area contributed by atoms with Crippen LogP contribution in [0.2, 0.25) is 0 Å². The van der Waals surface area contributed by atoms with Crippen molar-refractivity contribution in [1.29, 1.82) is 0 Å². The Bertz CT molecular complexity index is 793. The maximum absolute atomic E-state index is 11.0. The number of thiophene rings is 1. The lowest BCUT2D eigenvalue weighted by atomic mass is 10.2. The van der Waals surface area contributed by atoms with Gasteiger partial charge in [-0.25, -0.2) is 4.98 Å². The summed E-state index contributed by atoms with van der Waals surface area (Å²) in [6.45, 7) is 2.10. The average molecular weight is 393 g/mol. The first-order chi connectivity index (χ1) is 10.6. The van der Waals surface area contributed by atoms with Crippen LogP contribution in [0.25, 0.3) is 21.1 Å². The van der Waals surface area contributed by atoms with Gasteiger partial charge >= 0.3 is 0 Å². The number of hydrogen-bond donors (Lipinski definition) is 1. The second-order valence-corrected chi connectivity index (χ2v) is 7.66. The first kappa shape index (κ1) is 15.4. The second kappa shape index (κ2) is 6.73. The van der Waals surface area contributed by atoms with Crippen LogP contribution in [0.3, 0.4) is 0 Å². The molecule has 0 radical (unpaired) electrons. The fourth-order valence-electron chi connectivity index (χ4n) is 1.93. The fourth-order valence-corrected chi connectivity index (χ4v) is 4.01. The van der Waals surface area contributed by atoms with Gasteiger partial charge in [-0.15, -0.1) is 22.7 Å². The zero-order valence-electron chi connectivity index (χ0n) is 11.8. The minimum Gasteiger partial charge on any atom is -0.351 e. The molecule has 0 bridgehead atoms. The van der Waals surface area contributed by atoms with Gasteiger partial charge in [0.25, 0.3) is 0 Å². The van der Waals surface area contributed by atoms with Crippen molar-refractivity contribution in [2.45, 2.75) is 13.5 Å². The van der Waals surface area contributed by atoms with Crippen LogP contribution in [0, 0.1) is 0 Å². The van der Waals surface area contributed by atoms with E-state index in [1.807, 2.05) is 18.2 Å². The molecule has 0 aliphatic carbocycles. The second-order valence-electron chi connectivity index (χ2n) is 4.72. The lowest BCUT2D eigenvalue weighted by molar-refractivity contribution is -0.119. The molecule has 0 spiro atoms. The molecule has 0 aliphatic heterocycles. The standard InChI is InChI=1S/C16H13BrN2OS2/c1-10(20)18-8-13-6-7-15(22-13)14-9-21-16(19-14)11-2-4-12(17)5-3-11/h2-7,9H,8H2,1H3,(H,18,20). The number of nitrogens with one attached hydrogen (secondary N) is 1. The predicted octanol–water partition coefficient (Wildman–Crippen LogP) is 4.94. The number of benzene rings is 1. The van der Waals surface area contributed by atoms with Crippen LogP contribution < -0.4 is 5.32 Å². The molecule has 2 heterocycles. The number of aromatic nitrogens is 1. The summed E-state index contributed by atoms with van der Waals surface area (Å²) < 4.78 is 1.06. The van der Waals surface area contributed by atoms with Gasteiger partial charge in [-0.3, -0.25) is 4.79 Å². The van der Waals surface area contributed by atoms with E-state index in [0.29, 0.717) is 6.54 Å². The van der Waals surface area contributed by atoms with Crippen molar-refractivity contribution in [2.75, 3.05) is 0 Å². The molecule has 2 aromatic heterocycles. The third kappa shape index (κ3) is 3.63. The molecule has 0 unspecified atom stereocenters. The van der Waals surface area contributed by atoms with E-state index in [-0.39, 0.29) is 5.91 Å². The van der Waals surface area contributed by atoms with Crippen LogP contribution in [-0.2, 0) is 11.3 Å². The number of carbonyl (C=O) groups excluding carboxylic acids is 1. The Morgan fingerprint density at radius 1 is 1.23 bits per heavy atom. The summed E-state index contributed by atoms with van der Waals surface area (Å²) >= 11 is 6.74. The fraction of sp³-hybridized carbons (Fsp3) is 0.125. The van der Waals surface area contributed by atoms with Gasteiger partial charge in [0.2, 0.25) is 5.91 Å². The monoisotopic (exact) mass is 392 g/mol. The molecule has 0 saturated carbocycles. The Morgan fingerprint density at radius 2 is 2.00 bits per heavy atom. The van der Waals surface area contributed by atoms with Gasteiger partial charge in [0.15, 0.2) is 0 Å². The van der Waals surface area contributed by atoms with E-state index in [4.69, 9.17) is 4.98 Å². The minimum absolute atomic E-state index is 0.0128. The van der Waals surface area contributed by atoms with Crippen molar-refractivity contribution in [2.24, 2.45) is 0 Å². The number of hydrogen-bond acceptors (Lipinski definition) is 4. The van der Waals surface area contributed by atoms with E-state index in [0.717, 1.165) is 30.5 Å². The molecule has 0 saturated heterocycles. The summed E-state index contributed by atoms with van der Waals surface area (Å²) in [6, 6.07) is 12.3. The minimum atomic E-state index is -0.0128. The predicted molar refractivity (Wildman–Crippen MR) is 96.1 cm³/mol. The van der Waals surface area contributed by atoms with Crippen molar-refractivity contribution in [1.82, 2.24) is 10.3 Å². The third-order valence-corrected chi connectivity index (χ3v) is 5.55. The number of thiazole rings is 1. The molecular weight excluding hydrogens is 380 g/mol. The smallest absolute Gasteiger partial charge is 0.217 e. The summed E-state index contributed by atoms with van der Waals surface area (Å²) in [5, 5.41) is 5.90. The molecule has 0 atom stereocenters. The molecular formula is C16H13BrN2OS2. The first-order valence-electron chi connectivity index (χ1n) is 6.67. The van der Waals surface area contributed by atoms with Crippen LogP contribution >= 0.6 is 38.6 Å². The summed E-state index contributed by atoms with van der Waals surface area (Å²) in [6.07, 6.45) is 0. The van der Waals surface area contributed by atoms with Gasteiger partial charge in [0.1, 0.15) is 5.01 Å². The number of carbonyl (C=O) groups is 1. The molecule has 3 rings (SSSR count). The van der Waals surface area contributed by atoms with Gasteiger partial charge < -0.3 is 5.32 Å². The van der Waals surface area contributed by atoms with Gasteiger partial charge in [0.05, 0.1) is 17.1 Å². The number of halogens is 1. The molecule has 0 fully saturated rings. The van der Waals surface area contributed by atoms with E-state index in [1.54, 1.807) is 22.7 Å². The zero-order chi connectivity index (χ0) is 15.5. The molecule has 112 valence electrons. The van der Waals surface area contributed by atoms with Crippen molar-refractivity contribution in [3.63, 3.8) is 0 Å². The van der Waals surface area contributed by atoms with E-state index < -0.39 is 0 Å². The van der Waals surface area contributed by atoms with Crippen molar-refractivity contribution in [3.05, 3.63) is 51.1 Å². The van der Waals surface area contributed by atoms with Gasteiger partial charge in [-0.2, -0.15) is 0 Å². The highest BCUT2D eigenvalue weighted by Gasteiger charge is 2.09. The Hall–Kier alpha value is -1.50. The average Bonchev–Trinajstić information content (AvgIpc) is 3.15. The molecule has 0 aliphatic rings. The van der Waals surface area contributed by atoms with Crippen molar-refractivity contribution in [3.8, 4) is 21.1 Å². The summed E-state index contributed by atoms with van der Waals surface area (Å²) in [7, 11) is 0. The SMILES string of the molecule is CC(=O)NCc1ccc(-c2csc(-c3ccc(Br)cc3)n2)s1. The summed E-state index contributed by atoms with van der Waals surface area (Å²) in [5.74, 6) is -0.0128. The van der Waals surface area contributed by atoms with Crippen LogP contribution in [0.15, 0.2) is 46.3 Å². The molecule has 3 nitrogen and oxygen atoms in total. The van der Waals surface area contributed by atoms with Gasteiger partial charge in [-0.1, -0.05) is 28.1 Å². The maximum Gasteiger partial charge on any atom is 0.217 e. The molecule has 1 aromatic carbocycles. The lowest BCUT2D eigenvalue weighted by Crippen LogP contribution is -2.17. The normalized spacial score (nSPS) is 10.6. The van der Waals surface area contributed by atoms with E-state index in [9.17, 15) is 4.79 Å². The number of rotatable bonds is 4. The van der Waals surface area contributed by atoms with Crippen LogP contribution in [0.1, 0.15) is 11.8 Å². The zero-order valence-corrected chi connectivity index (χ0v) is 15.0. The van der Waals surface area contributed by atoms with E-state index in [1.165, 1.54) is 6.92 Å². The summed E-state index contributed by atoms with van der Waals surface area (Å²) in [4.78, 5) is 17.9. The van der Waals surface area contributed by atoms with Crippen LogP contribution in [-0.4, -0.2) is 10.9 Å². The third-order valence-electron chi connectivity index (χ3n) is 3.02. The molecule has 3 aromatic rings. The van der Waals surface area contributed by atoms with Gasteiger partial charge in [0, 0.05) is 27.2 Å². The first-order valence-corrected chi connectivity index (χ1v) is 9.16. The Balaban J connectivity index is 1.79. The van der Waals surface area contributed by atoms with Crippen LogP contribution in [0.4, 0.5) is 0 Å². The quantitative estimate of drug-likeness (QED) is 0.683. The Labute approximate surface area is 145 Å². The molecule has 6 heteroatoms. The molecule has 22 heavy (non-hydrogen) atoms. The Kier molecular flexibility index (Phi) is 4.71. The van der Waals surface area contributed by atoms with Crippen LogP contribution in [0.5, 0.6) is 0 Å². The lowest BCUT2D eigenvalue weighted by Gasteiger charge is -1.97. The Morgan fingerprint density at radius 3 is 2.73 bits per heavy atom. The molecule has 1 amide bonds. The largest absolute Gasteiger partial charge is 0.351 e. The number of nitrogens with zero attached hydrogens (tertiary/aromatic N) is 1. The topological polar surface area (TPSA) is 42.0 Å². The van der Waals surface area contributed by atoms with Crippen molar-refractivity contribution >= 4 is 44.5 Å². The highest BCUT2D eigenvalue weighted by atomic mass is 79.9. The maximum atomic E-state index is 11.0. The van der Waals surface area contributed by atoms with E-state index >= 15 is 0 Å². The van der Waals surface area contributed by atoms with Crippen molar-refractivity contribution < 1.29 is 4.79 Å². The highest BCUT2D eigenvalue weighted by Crippen LogP contribution is 2.33.